The molecule has 5 nitrogen and oxygen atoms in total. The van der Waals surface area contributed by atoms with E-state index in [2.05, 4.69) is 21.2 Å². The molecule has 0 bridgehead atoms. The van der Waals surface area contributed by atoms with Crippen LogP contribution in [0.1, 0.15) is 27.7 Å². The largest absolute Gasteiger partial charge is 0.479 e. The number of aliphatic carboxylic acids is 1. The lowest BCUT2D eigenvalue weighted by molar-refractivity contribution is -0.140. The van der Waals surface area contributed by atoms with Crippen LogP contribution in [0.3, 0.4) is 0 Å². The van der Waals surface area contributed by atoms with Gasteiger partial charge in [-0.1, -0.05) is 0 Å². The van der Waals surface area contributed by atoms with Crippen LogP contribution in [0, 0.1) is 0 Å². The third-order valence-electron chi connectivity index (χ3n) is 1.14. The highest BCUT2D eigenvalue weighted by atomic mass is 79.9. The van der Waals surface area contributed by atoms with E-state index in [0.29, 0.717) is 0 Å². The highest BCUT2D eigenvalue weighted by Gasteiger charge is 2.33. The van der Waals surface area contributed by atoms with Gasteiger partial charge >= 0.3 is 12.1 Å². The summed E-state index contributed by atoms with van der Waals surface area (Å²) in [6.07, 6.45) is -0.778. The number of hydrogen-bond donors (Lipinski definition) is 2. The van der Waals surface area contributed by atoms with E-state index in [1.165, 1.54) is 6.92 Å². The quantitative estimate of drug-likeness (QED) is 0.590. The molecule has 0 saturated carbocycles. The molecule has 0 radical (unpaired) electrons. The Balaban J connectivity index is 4.27. The summed E-state index contributed by atoms with van der Waals surface area (Å²) in [5.74, 6) is -1.19. The van der Waals surface area contributed by atoms with E-state index < -0.39 is 22.1 Å². The molecule has 1 atom stereocenters. The van der Waals surface area contributed by atoms with E-state index in [-0.39, 0.29) is 0 Å². The Kier molecular flexibility index (Phi) is 3.93. The van der Waals surface area contributed by atoms with Gasteiger partial charge in [0.05, 0.1) is 0 Å². The van der Waals surface area contributed by atoms with E-state index in [0.717, 1.165) is 0 Å². The second kappa shape index (κ2) is 4.16. The van der Waals surface area contributed by atoms with Gasteiger partial charge in [-0.05, 0) is 43.6 Å². The summed E-state index contributed by atoms with van der Waals surface area (Å²) < 4.78 is 3.38. The molecule has 0 saturated heterocycles. The smallest absolute Gasteiger partial charge is 0.409 e. The number of amides is 1. The average molecular weight is 268 g/mol. The zero-order valence-corrected chi connectivity index (χ0v) is 10.1. The van der Waals surface area contributed by atoms with Crippen molar-refractivity contribution in [2.75, 3.05) is 0 Å². The molecule has 2 N–H and O–H groups in total. The molecule has 0 rings (SSSR count). The normalized spacial score (nSPS) is 15.5. The molecule has 0 unspecified atom stereocenters. The molecule has 6 heteroatoms. The van der Waals surface area contributed by atoms with Crippen molar-refractivity contribution in [2.24, 2.45) is 0 Å². The molecule has 0 aliphatic heterocycles. The topological polar surface area (TPSA) is 75.6 Å². The fourth-order valence-corrected chi connectivity index (χ4v) is 0.711. The minimum Gasteiger partial charge on any atom is -0.479 e. The van der Waals surface area contributed by atoms with Crippen molar-refractivity contribution in [2.45, 2.75) is 37.7 Å². The van der Waals surface area contributed by atoms with Gasteiger partial charge in [-0.15, -0.1) is 0 Å². The maximum Gasteiger partial charge on any atom is 0.409 e. The van der Waals surface area contributed by atoms with Crippen LogP contribution in [0.4, 0.5) is 4.79 Å². The van der Waals surface area contributed by atoms with Crippen LogP contribution in [0.5, 0.6) is 0 Å². The second-order valence-corrected chi connectivity index (χ2v) is 5.52. The van der Waals surface area contributed by atoms with Crippen LogP contribution in [-0.2, 0) is 9.53 Å². The van der Waals surface area contributed by atoms with Crippen molar-refractivity contribution in [3.63, 3.8) is 0 Å². The van der Waals surface area contributed by atoms with Crippen molar-refractivity contribution in [3.8, 4) is 0 Å². The minimum absolute atomic E-state index is 0.647. The van der Waals surface area contributed by atoms with Crippen LogP contribution in [0.2, 0.25) is 0 Å². The molecular weight excluding hydrogens is 254 g/mol. The van der Waals surface area contributed by atoms with E-state index in [9.17, 15) is 9.59 Å². The summed E-state index contributed by atoms with van der Waals surface area (Å²) in [6, 6.07) is 0. The lowest BCUT2D eigenvalue weighted by Gasteiger charge is -2.24. The van der Waals surface area contributed by atoms with Gasteiger partial charge in [0.25, 0.3) is 0 Å². The Bertz CT molecular complexity index is 244. The van der Waals surface area contributed by atoms with Crippen molar-refractivity contribution in [1.82, 2.24) is 5.32 Å². The number of carbonyl (C=O) groups excluding carboxylic acids is 1. The molecule has 0 aliphatic rings. The molecule has 0 heterocycles. The monoisotopic (exact) mass is 267 g/mol. The van der Waals surface area contributed by atoms with Crippen LogP contribution >= 0.6 is 15.9 Å². The third-order valence-corrected chi connectivity index (χ3v) is 1.67. The molecular formula is C8H14BrNO4. The highest BCUT2D eigenvalue weighted by molar-refractivity contribution is 9.10. The van der Waals surface area contributed by atoms with Crippen LogP contribution in [-0.4, -0.2) is 27.2 Å². The molecule has 0 aromatic heterocycles. The summed E-state index contributed by atoms with van der Waals surface area (Å²) in [7, 11) is 0. The van der Waals surface area contributed by atoms with Crippen LogP contribution < -0.4 is 5.32 Å². The predicted octanol–water partition coefficient (Wildman–Crippen LogP) is 1.71. The van der Waals surface area contributed by atoms with E-state index in [4.69, 9.17) is 9.84 Å². The Morgan fingerprint density at radius 1 is 1.29 bits per heavy atom. The zero-order chi connectivity index (χ0) is 11.6. The summed E-state index contributed by atoms with van der Waals surface area (Å²) in [4.78, 5) is 21.8. The standard InChI is InChI=1S/C8H14BrNO4/c1-7(2,3)14-6(13)10-8(4,9)5(11)12/h1-4H3,(H,10,13)(H,11,12)/t8-/m0/s1. The molecule has 1 amide bonds. The number of rotatable bonds is 2. The van der Waals surface area contributed by atoms with Crippen molar-refractivity contribution in [3.05, 3.63) is 0 Å². The summed E-state index contributed by atoms with van der Waals surface area (Å²) in [5, 5.41) is 10.8. The molecule has 0 spiro atoms. The fraction of sp³-hybridized carbons (Fsp3) is 0.750. The van der Waals surface area contributed by atoms with Gasteiger partial charge in [-0.25, -0.2) is 9.59 Å². The van der Waals surface area contributed by atoms with Crippen molar-refractivity contribution in [1.29, 1.82) is 0 Å². The number of nitrogens with one attached hydrogen (secondary N) is 1. The van der Waals surface area contributed by atoms with Crippen LogP contribution in [0.25, 0.3) is 0 Å². The fourth-order valence-electron chi connectivity index (χ4n) is 0.549. The molecule has 0 aromatic rings. The van der Waals surface area contributed by atoms with Crippen molar-refractivity contribution < 1.29 is 19.4 Å². The summed E-state index contributed by atoms with van der Waals surface area (Å²) >= 11 is 2.84. The molecule has 82 valence electrons. The second-order valence-electron chi connectivity index (χ2n) is 3.94. The number of carboxylic acids is 1. The van der Waals surface area contributed by atoms with Gasteiger partial charge in [0.2, 0.25) is 0 Å². The number of carboxylic acid groups (broad SMARTS) is 1. The maximum absolute atomic E-state index is 11.2. The lowest BCUT2D eigenvalue weighted by Crippen LogP contribution is -2.48. The van der Waals surface area contributed by atoms with Gasteiger partial charge in [0, 0.05) is 0 Å². The molecule has 0 aromatic carbocycles. The lowest BCUT2D eigenvalue weighted by atomic mass is 10.2. The third kappa shape index (κ3) is 5.06. The van der Waals surface area contributed by atoms with Gasteiger partial charge in [-0.3, -0.25) is 5.32 Å². The Labute approximate surface area is 90.9 Å². The maximum atomic E-state index is 11.2. The first-order chi connectivity index (χ1) is 6.04. The van der Waals surface area contributed by atoms with Gasteiger partial charge in [-0.2, -0.15) is 0 Å². The summed E-state index contributed by atoms with van der Waals surface area (Å²) in [6.45, 7) is 6.38. The van der Waals surface area contributed by atoms with Gasteiger partial charge < -0.3 is 9.84 Å². The van der Waals surface area contributed by atoms with Crippen LogP contribution in [0.15, 0.2) is 0 Å². The number of alkyl halides is 1. The predicted molar refractivity (Wildman–Crippen MR) is 54.3 cm³/mol. The van der Waals surface area contributed by atoms with Gasteiger partial charge in [0.1, 0.15) is 5.60 Å². The van der Waals surface area contributed by atoms with Gasteiger partial charge in [0.15, 0.2) is 4.45 Å². The SMILES string of the molecule is CC(C)(C)OC(=O)N[C@](C)(Br)C(=O)O. The minimum atomic E-state index is -1.50. The van der Waals surface area contributed by atoms with E-state index >= 15 is 0 Å². The van der Waals surface area contributed by atoms with E-state index in [1.807, 2.05) is 0 Å². The molecule has 0 aliphatic carbocycles. The summed E-state index contributed by atoms with van der Waals surface area (Å²) in [5.41, 5.74) is -0.647. The van der Waals surface area contributed by atoms with E-state index in [1.54, 1.807) is 20.8 Å². The molecule has 0 fully saturated rings. The zero-order valence-electron chi connectivity index (χ0n) is 8.55. The average Bonchev–Trinajstić information content (AvgIpc) is 1.79. The first-order valence-electron chi connectivity index (χ1n) is 3.98. The number of hydrogen-bond acceptors (Lipinski definition) is 3. The number of halogens is 1. The Hall–Kier alpha value is -0.780. The number of ether oxygens (including phenoxy) is 1. The first-order valence-corrected chi connectivity index (χ1v) is 4.77. The Morgan fingerprint density at radius 2 is 1.71 bits per heavy atom. The Morgan fingerprint density at radius 3 is 2.00 bits per heavy atom. The number of carbonyl (C=O) groups is 2. The van der Waals surface area contributed by atoms with Crippen molar-refractivity contribution >= 4 is 28.0 Å². The molecule has 14 heavy (non-hydrogen) atoms. The first kappa shape index (κ1) is 13.2. The number of alkyl carbamates (subject to hydrolysis) is 1. The highest BCUT2D eigenvalue weighted by Crippen LogP contribution is 2.15.